The van der Waals surface area contributed by atoms with E-state index in [9.17, 15) is 8.42 Å². The maximum atomic E-state index is 12.1. The van der Waals surface area contributed by atoms with Crippen molar-refractivity contribution in [1.82, 2.24) is 24.7 Å². The van der Waals surface area contributed by atoms with E-state index in [1.165, 1.54) is 19.0 Å². The van der Waals surface area contributed by atoms with E-state index in [4.69, 9.17) is 0 Å². The molecule has 0 atom stereocenters. The molecule has 0 unspecified atom stereocenters. The van der Waals surface area contributed by atoms with Crippen LogP contribution >= 0.6 is 0 Å². The van der Waals surface area contributed by atoms with Crippen molar-refractivity contribution in [2.45, 2.75) is 24.3 Å². The quantitative estimate of drug-likeness (QED) is 0.675. The normalized spacial score (nSPS) is 16.9. The summed E-state index contributed by atoms with van der Waals surface area (Å²) in [6, 6.07) is 0. The molecule has 0 saturated carbocycles. The fraction of sp³-hybridized carbons (Fsp3) is 0.750. The van der Waals surface area contributed by atoms with Gasteiger partial charge in [-0.3, -0.25) is 4.68 Å². The largest absolute Gasteiger partial charge is 0.318 e. The summed E-state index contributed by atoms with van der Waals surface area (Å²) >= 11 is 0. The summed E-state index contributed by atoms with van der Waals surface area (Å²) < 4.78 is 28.5. The zero-order valence-corrected chi connectivity index (χ0v) is 12.7. The molecule has 1 aliphatic rings. The molecule has 0 spiro atoms. The summed E-state index contributed by atoms with van der Waals surface area (Å²) in [7, 11) is -1.59. The number of aromatic nitrogens is 2. The first-order valence-corrected chi connectivity index (χ1v) is 8.49. The van der Waals surface area contributed by atoms with Crippen molar-refractivity contribution < 1.29 is 8.42 Å². The number of likely N-dealkylation sites (tertiary alicyclic amines) is 1. The highest BCUT2D eigenvalue weighted by Gasteiger charge is 2.17. The SMILES string of the molecule is CNCCn1cc(S(=O)(=O)NCCN2CCCC2)cn1. The lowest BCUT2D eigenvalue weighted by Gasteiger charge is -2.14. The van der Waals surface area contributed by atoms with E-state index in [1.807, 2.05) is 7.05 Å². The molecule has 0 aromatic carbocycles. The summed E-state index contributed by atoms with van der Waals surface area (Å²) in [5.41, 5.74) is 0. The number of hydrogen-bond acceptors (Lipinski definition) is 5. The van der Waals surface area contributed by atoms with Crippen LogP contribution in [0, 0.1) is 0 Å². The predicted octanol–water partition coefficient (Wildman–Crippen LogP) is -0.523. The standard InChI is InChI=1S/C12H23N5O2S/c1-13-4-9-17-11-12(10-14-17)20(18,19)15-5-8-16-6-2-3-7-16/h10-11,13,15H,2-9H2,1H3. The molecule has 0 amide bonds. The van der Waals surface area contributed by atoms with Crippen LogP contribution in [-0.4, -0.2) is 62.9 Å². The molecule has 1 aliphatic heterocycles. The summed E-state index contributed by atoms with van der Waals surface area (Å²) in [4.78, 5) is 2.51. The minimum atomic E-state index is -3.44. The van der Waals surface area contributed by atoms with Gasteiger partial charge in [-0.05, 0) is 33.0 Å². The smallest absolute Gasteiger partial charge is 0.243 e. The summed E-state index contributed by atoms with van der Waals surface area (Å²) in [5, 5.41) is 7.05. The van der Waals surface area contributed by atoms with Gasteiger partial charge in [-0.15, -0.1) is 0 Å². The molecular weight excluding hydrogens is 278 g/mol. The highest BCUT2D eigenvalue weighted by atomic mass is 32.2. The van der Waals surface area contributed by atoms with Crippen molar-refractivity contribution in [3.8, 4) is 0 Å². The van der Waals surface area contributed by atoms with Crippen molar-refractivity contribution in [2.24, 2.45) is 0 Å². The lowest BCUT2D eigenvalue weighted by Crippen LogP contribution is -2.33. The van der Waals surface area contributed by atoms with E-state index in [-0.39, 0.29) is 4.90 Å². The van der Waals surface area contributed by atoms with Crippen LogP contribution in [0.15, 0.2) is 17.3 Å². The molecule has 1 fully saturated rings. The first-order chi connectivity index (χ1) is 9.62. The third-order valence-electron chi connectivity index (χ3n) is 3.43. The van der Waals surface area contributed by atoms with Gasteiger partial charge in [-0.2, -0.15) is 5.10 Å². The average molecular weight is 301 g/mol. The van der Waals surface area contributed by atoms with Gasteiger partial charge >= 0.3 is 0 Å². The molecule has 1 aromatic rings. The number of nitrogens with one attached hydrogen (secondary N) is 2. The Hall–Kier alpha value is -0.960. The molecule has 2 rings (SSSR count). The van der Waals surface area contributed by atoms with Crippen molar-refractivity contribution in [1.29, 1.82) is 0 Å². The zero-order valence-electron chi connectivity index (χ0n) is 11.9. The van der Waals surface area contributed by atoms with Gasteiger partial charge in [-0.1, -0.05) is 0 Å². The van der Waals surface area contributed by atoms with Crippen LogP contribution in [0.3, 0.4) is 0 Å². The Balaban J connectivity index is 1.83. The van der Waals surface area contributed by atoms with Crippen molar-refractivity contribution in [3.63, 3.8) is 0 Å². The second-order valence-corrected chi connectivity index (χ2v) is 6.76. The molecule has 2 heterocycles. The molecule has 7 nitrogen and oxygen atoms in total. The second kappa shape index (κ2) is 7.16. The number of rotatable bonds is 8. The molecule has 8 heteroatoms. The van der Waals surface area contributed by atoms with Crippen LogP contribution < -0.4 is 10.0 Å². The highest BCUT2D eigenvalue weighted by molar-refractivity contribution is 7.89. The average Bonchev–Trinajstić information content (AvgIpc) is 3.07. The third kappa shape index (κ3) is 4.27. The van der Waals surface area contributed by atoms with Gasteiger partial charge in [0.2, 0.25) is 10.0 Å². The van der Waals surface area contributed by atoms with Crippen LogP contribution in [0.5, 0.6) is 0 Å². The van der Waals surface area contributed by atoms with Gasteiger partial charge < -0.3 is 10.2 Å². The number of hydrogen-bond donors (Lipinski definition) is 2. The Morgan fingerprint density at radius 3 is 2.70 bits per heavy atom. The van der Waals surface area contributed by atoms with Gasteiger partial charge in [0.15, 0.2) is 0 Å². The Bertz CT molecular complexity index is 508. The van der Waals surface area contributed by atoms with Crippen molar-refractivity contribution in [2.75, 3.05) is 39.8 Å². The van der Waals surface area contributed by atoms with E-state index in [1.54, 1.807) is 10.9 Å². The Morgan fingerprint density at radius 1 is 1.25 bits per heavy atom. The molecule has 1 aromatic heterocycles. The topological polar surface area (TPSA) is 79.3 Å². The van der Waals surface area contributed by atoms with E-state index in [0.29, 0.717) is 13.1 Å². The van der Waals surface area contributed by atoms with Gasteiger partial charge in [0.1, 0.15) is 4.90 Å². The maximum Gasteiger partial charge on any atom is 0.243 e. The van der Waals surface area contributed by atoms with Crippen LogP contribution in [0.1, 0.15) is 12.8 Å². The van der Waals surface area contributed by atoms with Crippen LogP contribution in [0.25, 0.3) is 0 Å². The molecule has 2 N–H and O–H groups in total. The summed E-state index contributed by atoms with van der Waals surface area (Å²) in [5.74, 6) is 0. The molecule has 0 aliphatic carbocycles. The van der Waals surface area contributed by atoms with Crippen LogP contribution in [-0.2, 0) is 16.6 Å². The Kier molecular flexibility index (Phi) is 5.53. The van der Waals surface area contributed by atoms with Crippen molar-refractivity contribution in [3.05, 3.63) is 12.4 Å². The number of sulfonamides is 1. The summed E-state index contributed by atoms with van der Waals surface area (Å²) in [6.45, 7) is 4.77. The molecule has 0 radical (unpaired) electrons. The summed E-state index contributed by atoms with van der Waals surface area (Å²) in [6.07, 6.45) is 5.39. The third-order valence-corrected chi connectivity index (χ3v) is 4.85. The maximum absolute atomic E-state index is 12.1. The zero-order chi connectivity index (χ0) is 14.4. The van der Waals surface area contributed by atoms with Gasteiger partial charge in [0.05, 0.1) is 12.7 Å². The molecule has 0 bridgehead atoms. The minimum Gasteiger partial charge on any atom is -0.318 e. The molecule has 1 saturated heterocycles. The first kappa shape index (κ1) is 15.4. The van der Waals surface area contributed by atoms with E-state index < -0.39 is 10.0 Å². The van der Waals surface area contributed by atoms with Crippen molar-refractivity contribution >= 4 is 10.0 Å². The van der Waals surface area contributed by atoms with Gasteiger partial charge in [0.25, 0.3) is 0 Å². The fourth-order valence-electron chi connectivity index (χ4n) is 2.26. The monoisotopic (exact) mass is 301 g/mol. The fourth-order valence-corrected chi connectivity index (χ4v) is 3.23. The minimum absolute atomic E-state index is 0.232. The Labute approximate surface area is 120 Å². The molecule has 114 valence electrons. The lowest BCUT2D eigenvalue weighted by atomic mass is 10.4. The Morgan fingerprint density at radius 2 is 2.00 bits per heavy atom. The molecular formula is C12H23N5O2S. The molecule has 20 heavy (non-hydrogen) atoms. The lowest BCUT2D eigenvalue weighted by molar-refractivity contribution is 0.344. The highest BCUT2D eigenvalue weighted by Crippen LogP contribution is 2.08. The number of likely N-dealkylation sites (N-methyl/N-ethyl adjacent to an activating group) is 1. The van der Waals surface area contributed by atoms with Crippen LogP contribution in [0.4, 0.5) is 0 Å². The second-order valence-electron chi connectivity index (χ2n) is 4.99. The number of nitrogens with zero attached hydrogens (tertiary/aromatic N) is 3. The van der Waals surface area contributed by atoms with Gasteiger partial charge in [-0.25, -0.2) is 13.1 Å². The van der Waals surface area contributed by atoms with E-state index in [2.05, 4.69) is 20.0 Å². The van der Waals surface area contributed by atoms with E-state index >= 15 is 0 Å². The van der Waals surface area contributed by atoms with Crippen LogP contribution in [0.2, 0.25) is 0 Å². The van der Waals surface area contributed by atoms with E-state index in [0.717, 1.165) is 26.2 Å². The predicted molar refractivity (Wildman–Crippen MR) is 77.0 cm³/mol. The first-order valence-electron chi connectivity index (χ1n) is 7.01. The van der Waals surface area contributed by atoms with Gasteiger partial charge in [0, 0.05) is 25.8 Å².